The van der Waals surface area contributed by atoms with Gasteiger partial charge in [0.1, 0.15) is 5.82 Å². The number of nitrogens with zero attached hydrogens (tertiary/aromatic N) is 1. The number of aromatic nitrogens is 1. The van der Waals surface area contributed by atoms with Crippen LogP contribution in [0.3, 0.4) is 0 Å². The molecule has 0 amide bonds. The Morgan fingerprint density at radius 2 is 1.61 bits per heavy atom. The van der Waals surface area contributed by atoms with Gasteiger partial charge in [-0.1, -0.05) is 17.7 Å². The van der Waals surface area contributed by atoms with E-state index in [1.54, 1.807) is 0 Å². The van der Waals surface area contributed by atoms with Gasteiger partial charge in [-0.3, -0.25) is 0 Å². The first kappa shape index (κ1) is 13.1. The summed E-state index contributed by atoms with van der Waals surface area (Å²) in [5.74, 6) is 0.880. The average molecular weight is 305 g/mol. The summed E-state index contributed by atoms with van der Waals surface area (Å²) in [6.45, 7) is 8.35. The second-order valence-corrected chi connectivity index (χ2v) is 5.52. The zero-order valence-corrected chi connectivity index (χ0v) is 12.7. The molecule has 2 rings (SSSR count). The largest absolute Gasteiger partial charge is 0.340 e. The van der Waals surface area contributed by atoms with Gasteiger partial charge in [-0.2, -0.15) is 0 Å². The summed E-state index contributed by atoms with van der Waals surface area (Å²) in [7, 11) is 0. The standard InChI is InChI=1S/C15H17BrN2/c1-9-7-10(2)15(11(3)8-9)18-14-6-5-13(16)12(4)17-14/h5-8H,1-4H3,(H,17,18). The van der Waals surface area contributed by atoms with E-state index in [0.29, 0.717) is 0 Å². The lowest BCUT2D eigenvalue weighted by Gasteiger charge is -2.13. The highest BCUT2D eigenvalue weighted by Crippen LogP contribution is 2.26. The van der Waals surface area contributed by atoms with Gasteiger partial charge in [0.2, 0.25) is 0 Å². The van der Waals surface area contributed by atoms with Crippen LogP contribution in [0.15, 0.2) is 28.7 Å². The number of hydrogen-bond acceptors (Lipinski definition) is 2. The SMILES string of the molecule is Cc1cc(C)c(Nc2ccc(Br)c(C)n2)c(C)c1. The zero-order valence-electron chi connectivity index (χ0n) is 11.1. The highest BCUT2D eigenvalue weighted by molar-refractivity contribution is 9.10. The topological polar surface area (TPSA) is 24.9 Å². The quantitative estimate of drug-likeness (QED) is 0.860. The molecule has 0 radical (unpaired) electrons. The van der Waals surface area contributed by atoms with Crippen LogP contribution in [0.2, 0.25) is 0 Å². The normalized spacial score (nSPS) is 10.5. The fourth-order valence-electron chi connectivity index (χ4n) is 2.12. The first-order chi connectivity index (χ1) is 8.47. The molecule has 0 aliphatic rings. The van der Waals surface area contributed by atoms with Crippen LogP contribution in [0.4, 0.5) is 11.5 Å². The van der Waals surface area contributed by atoms with E-state index in [4.69, 9.17) is 0 Å². The summed E-state index contributed by atoms with van der Waals surface area (Å²) in [5, 5.41) is 3.40. The van der Waals surface area contributed by atoms with Gasteiger partial charge in [-0.25, -0.2) is 4.98 Å². The number of anilines is 2. The van der Waals surface area contributed by atoms with Crippen molar-refractivity contribution < 1.29 is 0 Å². The highest BCUT2D eigenvalue weighted by atomic mass is 79.9. The molecule has 3 heteroatoms. The summed E-state index contributed by atoms with van der Waals surface area (Å²) in [6, 6.07) is 8.36. The van der Waals surface area contributed by atoms with Crippen molar-refractivity contribution in [3.63, 3.8) is 0 Å². The van der Waals surface area contributed by atoms with Gasteiger partial charge >= 0.3 is 0 Å². The van der Waals surface area contributed by atoms with E-state index in [1.807, 2.05) is 19.1 Å². The van der Waals surface area contributed by atoms with E-state index in [-0.39, 0.29) is 0 Å². The van der Waals surface area contributed by atoms with Crippen LogP contribution in [0.5, 0.6) is 0 Å². The van der Waals surface area contributed by atoms with Gasteiger partial charge in [-0.15, -0.1) is 0 Å². The van der Waals surface area contributed by atoms with Crippen molar-refractivity contribution in [2.24, 2.45) is 0 Å². The lowest BCUT2D eigenvalue weighted by molar-refractivity contribution is 1.17. The molecule has 0 saturated heterocycles. The molecule has 0 unspecified atom stereocenters. The van der Waals surface area contributed by atoms with Crippen LogP contribution in [-0.4, -0.2) is 4.98 Å². The van der Waals surface area contributed by atoms with Crippen molar-refractivity contribution in [1.29, 1.82) is 0 Å². The van der Waals surface area contributed by atoms with Crippen LogP contribution >= 0.6 is 15.9 Å². The van der Waals surface area contributed by atoms with Gasteiger partial charge in [0, 0.05) is 10.2 Å². The zero-order chi connectivity index (χ0) is 13.3. The molecule has 0 atom stereocenters. The number of rotatable bonds is 2. The van der Waals surface area contributed by atoms with E-state index in [0.717, 1.165) is 21.7 Å². The van der Waals surface area contributed by atoms with Crippen molar-refractivity contribution in [3.05, 3.63) is 51.1 Å². The number of aryl methyl sites for hydroxylation is 4. The number of pyridine rings is 1. The Balaban J connectivity index is 2.37. The first-order valence-electron chi connectivity index (χ1n) is 5.95. The maximum Gasteiger partial charge on any atom is 0.130 e. The molecular formula is C15H17BrN2. The van der Waals surface area contributed by atoms with E-state index < -0.39 is 0 Å². The molecular weight excluding hydrogens is 288 g/mol. The second-order valence-electron chi connectivity index (χ2n) is 4.66. The molecule has 0 aliphatic carbocycles. The maximum absolute atomic E-state index is 4.51. The van der Waals surface area contributed by atoms with Crippen LogP contribution in [-0.2, 0) is 0 Å². The van der Waals surface area contributed by atoms with Crippen LogP contribution in [0.25, 0.3) is 0 Å². The van der Waals surface area contributed by atoms with Crippen molar-refractivity contribution >= 4 is 27.4 Å². The van der Waals surface area contributed by atoms with Crippen molar-refractivity contribution in [2.75, 3.05) is 5.32 Å². The summed E-state index contributed by atoms with van der Waals surface area (Å²) >= 11 is 3.46. The van der Waals surface area contributed by atoms with Gasteiger partial charge in [0.05, 0.1) is 5.69 Å². The number of halogens is 1. The minimum absolute atomic E-state index is 0.880. The van der Waals surface area contributed by atoms with Gasteiger partial charge < -0.3 is 5.32 Å². The Hall–Kier alpha value is -1.35. The molecule has 0 saturated carbocycles. The Kier molecular flexibility index (Phi) is 3.71. The Morgan fingerprint density at radius 1 is 1.00 bits per heavy atom. The van der Waals surface area contributed by atoms with Gasteiger partial charge in [0.25, 0.3) is 0 Å². The Morgan fingerprint density at radius 3 is 2.17 bits per heavy atom. The molecule has 0 fully saturated rings. The lowest BCUT2D eigenvalue weighted by atomic mass is 10.1. The van der Waals surface area contributed by atoms with E-state index in [2.05, 4.69) is 59.1 Å². The lowest BCUT2D eigenvalue weighted by Crippen LogP contribution is -1.99. The van der Waals surface area contributed by atoms with Crippen molar-refractivity contribution in [3.8, 4) is 0 Å². The molecule has 2 aromatic rings. The summed E-state index contributed by atoms with van der Waals surface area (Å²) in [5.41, 5.74) is 5.91. The van der Waals surface area contributed by atoms with E-state index in [1.165, 1.54) is 16.7 Å². The summed E-state index contributed by atoms with van der Waals surface area (Å²) in [4.78, 5) is 4.51. The van der Waals surface area contributed by atoms with Gasteiger partial charge in [0.15, 0.2) is 0 Å². The van der Waals surface area contributed by atoms with Crippen molar-refractivity contribution in [1.82, 2.24) is 4.98 Å². The minimum Gasteiger partial charge on any atom is -0.340 e. The predicted molar refractivity (Wildman–Crippen MR) is 80.6 cm³/mol. The molecule has 94 valence electrons. The molecule has 1 heterocycles. The Labute approximate surface area is 117 Å². The molecule has 2 nitrogen and oxygen atoms in total. The third kappa shape index (κ3) is 2.72. The third-order valence-corrected chi connectivity index (χ3v) is 3.79. The molecule has 1 aromatic heterocycles. The monoisotopic (exact) mass is 304 g/mol. The number of hydrogen-bond donors (Lipinski definition) is 1. The number of benzene rings is 1. The maximum atomic E-state index is 4.51. The van der Waals surface area contributed by atoms with Crippen LogP contribution < -0.4 is 5.32 Å². The molecule has 0 spiro atoms. The fourth-order valence-corrected chi connectivity index (χ4v) is 2.34. The molecule has 0 bridgehead atoms. The third-order valence-electron chi connectivity index (χ3n) is 2.95. The first-order valence-corrected chi connectivity index (χ1v) is 6.74. The predicted octanol–water partition coefficient (Wildman–Crippen LogP) is 4.82. The minimum atomic E-state index is 0.880. The fraction of sp³-hybridized carbons (Fsp3) is 0.267. The smallest absolute Gasteiger partial charge is 0.130 e. The second kappa shape index (κ2) is 5.11. The Bertz CT molecular complexity index is 568. The van der Waals surface area contributed by atoms with Crippen LogP contribution in [0, 0.1) is 27.7 Å². The highest BCUT2D eigenvalue weighted by Gasteiger charge is 2.05. The number of nitrogens with one attached hydrogen (secondary N) is 1. The average Bonchev–Trinajstić information content (AvgIpc) is 2.28. The molecule has 1 N–H and O–H groups in total. The van der Waals surface area contributed by atoms with E-state index >= 15 is 0 Å². The summed E-state index contributed by atoms with van der Waals surface area (Å²) < 4.78 is 1.03. The van der Waals surface area contributed by atoms with Crippen LogP contribution in [0.1, 0.15) is 22.4 Å². The van der Waals surface area contributed by atoms with Crippen molar-refractivity contribution in [2.45, 2.75) is 27.7 Å². The molecule has 18 heavy (non-hydrogen) atoms. The molecule has 0 aliphatic heterocycles. The van der Waals surface area contributed by atoms with E-state index in [9.17, 15) is 0 Å². The summed E-state index contributed by atoms with van der Waals surface area (Å²) in [6.07, 6.45) is 0. The molecule has 1 aromatic carbocycles. The van der Waals surface area contributed by atoms with Gasteiger partial charge in [-0.05, 0) is 66.9 Å².